The van der Waals surface area contributed by atoms with E-state index < -0.39 is 0 Å². The van der Waals surface area contributed by atoms with Crippen molar-refractivity contribution in [3.05, 3.63) is 23.0 Å². The van der Waals surface area contributed by atoms with E-state index in [4.69, 9.17) is 10.8 Å². The third-order valence-electron chi connectivity index (χ3n) is 4.15. The summed E-state index contributed by atoms with van der Waals surface area (Å²) in [5, 5.41) is 9.03. The van der Waals surface area contributed by atoms with Crippen LogP contribution >= 0.6 is 0 Å². The smallest absolute Gasteiger partial charge is 0.0593 e. The minimum Gasteiger partial charge on any atom is -0.398 e. The highest BCUT2D eigenvalue weighted by Gasteiger charge is 2.16. The largest absolute Gasteiger partial charge is 0.398 e. The molecule has 5 heteroatoms. The summed E-state index contributed by atoms with van der Waals surface area (Å²) in [6.07, 6.45) is 3.01. The van der Waals surface area contributed by atoms with Gasteiger partial charge in [0.2, 0.25) is 0 Å². The first-order chi connectivity index (χ1) is 9.61. The fraction of sp³-hybridized carbons (Fsp3) is 0.667. The maximum Gasteiger partial charge on any atom is 0.0593 e. The first-order valence-corrected chi connectivity index (χ1v) is 7.38. The maximum absolute atomic E-state index is 9.03. The first kappa shape index (κ1) is 15.2. The molecule has 0 saturated carbocycles. The van der Waals surface area contributed by atoms with Gasteiger partial charge < -0.3 is 10.8 Å². The van der Waals surface area contributed by atoms with E-state index in [2.05, 4.69) is 21.7 Å². The Bertz CT molecular complexity index is 450. The molecule has 0 unspecified atom stereocenters. The molecule has 1 aromatic heterocycles. The standard InChI is InChI=1S/C15H26N4O/c1-12-10-17-14(13(2)15(12)16)11-19-5-3-4-18(6-7-19)8-9-20/h10,20H,3-9,11H2,1-2H3,(H2,16,17). The molecule has 2 heterocycles. The van der Waals surface area contributed by atoms with Gasteiger partial charge in [0.05, 0.1) is 12.3 Å². The topological polar surface area (TPSA) is 65.6 Å². The summed E-state index contributed by atoms with van der Waals surface area (Å²) < 4.78 is 0. The van der Waals surface area contributed by atoms with Crippen LogP contribution in [0.1, 0.15) is 23.2 Å². The van der Waals surface area contributed by atoms with Crippen LogP contribution < -0.4 is 5.73 Å². The van der Waals surface area contributed by atoms with Crippen LogP contribution in [0.5, 0.6) is 0 Å². The van der Waals surface area contributed by atoms with Crippen molar-refractivity contribution in [2.45, 2.75) is 26.8 Å². The van der Waals surface area contributed by atoms with Gasteiger partial charge in [-0.15, -0.1) is 0 Å². The van der Waals surface area contributed by atoms with Crippen molar-refractivity contribution < 1.29 is 5.11 Å². The molecule has 1 aliphatic heterocycles. The number of nitrogen functional groups attached to an aromatic ring is 1. The summed E-state index contributed by atoms with van der Waals surface area (Å²) in [4.78, 5) is 9.30. The van der Waals surface area contributed by atoms with Crippen molar-refractivity contribution in [3.63, 3.8) is 0 Å². The van der Waals surface area contributed by atoms with Crippen LogP contribution in [-0.4, -0.2) is 59.2 Å². The predicted molar refractivity (Wildman–Crippen MR) is 81.5 cm³/mol. The van der Waals surface area contributed by atoms with E-state index in [9.17, 15) is 0 Å². The number of nitrogens with zero attached hydrogens (tertiary/aromatic N) is 3. The van der Waals surface area contributed by atoms with Gasteiger partial charge in [-0.2, -0.15) is 0 Å². The Morgan fingerprint density at radius 3 is 2.65 bits per heavy atom. The van der Waals surface area contributed by atoms with Gasteiger partial charge in [-0.1, -0.05) is 0 Å². The normalized spacial score (nSPS) is 18.1. The molecule has 1 aliphatic rings. The predicted octanol–water partition coefficient (Wildman–Crippen LogP) is 0.781. The Balaban J connectivity index is 1.98. The summed E-state index contributed by atoms with van der Waals surface area (Å²) in [6, 6.07) is 0. The number of pyridine rings is 1. The van der Waals surface area contributed by atoms with Crippen LogP contribution in [-0.2, 0) is 6.54 Å². The molecule has 0 aromatic carbocycles. The van der Waals surface area contributed by atoms with E-state index in [0.29, 0.717) is 0 Å². The number of aliphatic hydroxyl groups excluding tert-OH is 1. The van der Waals surface area contributed by atoms with Crippen LogP contribution in [0, 0.1) is 13.8 Å². The Morgan fingerprint density at radius 1 is 1.20 bits per heavy atom. The lowest BCUT2D eigenvalue weighted by atomic mass is 10.1. The lowest BCUT2D eigenvalue weighted by molar-refractivity contribution is 0.195. The van der Waals surface area contributed by atoms with Gasteiger partial charge in [0.1, 0.15) is 0 Å². The number of aryl methyl sites for hydroxylation is 1. The van der Waals surface area contributed by atoms with Crippen LogP contribution in [0.4, 0.5) is 5.69 Å². The van der Waals surface area contributed by atoms with Gasteiger partial charge in [0.25, 0.3) is 0 Å². The quantitative estimate of drug-likeness (QED) is 0.852. The molecular formula is C15H26N4O. The molecule has 0 aliphatic carbocycles. The molecule has 2 rings (SSSR count). The Kier molecular flexibility index (Phi) is 5.34. The van der Waals surface area contributed by atoms with Crippen molar-refractivity contribution in [2.24, 2.45) is 0 Å². The van der Waals surface area contributed by atoms with Crippen molar-refractivity contribution in [1.29, 1.82) is 0 Å². The third kappa shape index (κ3) is 3.69. The Morgan fingerprint density at radius 2 is 1.90 bits per heavy atom. The van der Waals surface area contributed by atoms with Gasteiger partial charge in [-0.25, -0.2) is 0 Å². The van der Waals surface area contributed by atoms with Gasteiger partial charge in [-0.3, -0.25) is 14.8 Å². The van der Waals surface area contributed by atoms with Crippen molar-refractivity contribution in [1.82, 2.24) is 14.8 Å². The highest BCUT2D eigenvalue weighted by molar-refractivity contribution is 5.53. The third-order valence-corrected chi connectivity index (χ3v) is 4.15. The number of anilines is 1. The molecule has 1 fully saturated rings. The lowest BCUT2D eigenvalue weighted by Gasteiger charge is -2.22. The van der Waals surface area contributed by atoms with Gasteiger partial charge >= 0.3 is 0 Å². The van der Waals surface area contributed by atoms with Gasteiger partial charge in [-0.05, 0) is 44.5 Å². The second kappa shape index (κ2) is 7.02. The number of aromatic nitrogens is 1. The molecule has 0 amide bonds. The van der Waals surface area contributed by atoms with E-state index >= 15 is 0 Å². The SMILES string of the molecule is Cc1cnc(CN2CCCN(CCO)CC2)c(C)c1N. The molecule has 1 saturated heterocycles. The average molecular weight is 278 g/mol. The molecule has 1 aromatic rings. The second-order valence-electron chi connectivity index (χ2n) is 5.62. The molecule has 0 bridgehead atoms. The number of β-amino-alcohol motifs (C(OH)–C–C–N with tert-alkyl or cyclic N) is 1. The van der Waals surface area contributed by atoms with Crippen LogP contribution in [0.2, 0.25) is 0 Å². The van der Waals surface area contributed by atoms with Crippen LogP contribution in [0.25, 0.3) is 0 Å². The molecule has 112 valence electrons. The minimum atomic E-state index is 0.245. The first-order valence-electron chi connectivity index (χ1n) is 7.38. The van der Waals surface area contributed by atoms with Gasteiger partial charge in [0.15, 0.2) is 0 Å². The molecule has 0 radical (unpaired) electrons. The number of hydrogen-bond donors (Lipinski definition) is 2. The molecule has 0 spiro atoms. The van der Waals surface area contributed by atoms with Crippen molar-refractivity contribution in [2.75, 3.05) is 45.1 Å². The van der Waals surface area contributed by atoms with Gasteiger partial charge in [0, 0.05) is 38.1 Å². The Labute approximate surface area is 121 Å². The van der Waals surface area contributed by atoms with E-state index in [1.165, 1.54) is 0 Å². The highest BCUT2D eigenvalue weighted by Crippen LogP contribution is 2.19. The summed E-state index contributed by atoms with van der Waals surface area (Å²) >= 11 is 0. The van der Waals surface area contributed by atoms with Crippen LogP contribution in [0.15, 0.2) is 6.20 Å². The second-order valence-corrected chi connectivity index (χ2v) is 5.62. The Hall–Kier alpha value is -1.17. The molecule has 0 atom stereocenters. The van der Waals surface area contributed by atoms with E-state index in [0.717, 1.165) is 68.2 Å². The molecule has 5 nitrogen and oxygen atoms in total. The average Bonchev–Trinajstić information content (AvgIpc) is 2.66. The van der Waals surface area contributed by atoms with Crippen LogP contribution in [0.3, 0.4) is 0 Å². The molecule has 3 N–H and O–H groups in total. The number of hydrogen-bond acceptors (Lipinski definition) is 5. The summed E-state index contributed by atoms with van der Waals surface area (Å²) in [5.74, 6) is 0. The summed E-state index contributed by atoms with van der Waals surface area (Å²) in [7, 11) is 0. The number of aliphatic hydroxyl groups is 1. The fourth-order valence-electron chi connectivity index (χ4n) is 2.71. The minimum absolute atomic E-state index is 0.245. The summed E-state index contributed by atoms with van der Waals surface area (Å²) in [5.41, 5.74) is 10.2. The lowest BCUT2D eigenvalue weighted by Crippen LogP contribution is -2.32. The number of nitrogens with two attached hydrogens (primary N) is 1. The van der Waals surface area contributed by atoms with E-state index in [-0.39, 0.29) is 6.61 Å². The monoisotopic (exact) mass is 278 g/mol. The van der Waals surface area contributed by atoms with E-state index in [1.807, 2.05) is 13.1 Å². The summed E-state index contributed by atoms with van der Waals surface area (Å²) in [6.45, 7) is 10.1. The van der Waals surface area contributed by atoms with E-state index in [1.54, 1.807) is 0 Å². The maximum atomic E-state index is 9.03. The molecular weight excluding hydrogens is 252 g/mol. The fourth-order valence-corrected chi connectivity index (χ4v) is 2.71. The zero-order valence-corrected chi connectivity index (χ0v) is 12.6. The molecule has 20 heavy (non-hydrogen) atoms. The zero-order valence-electron chi connectivity index (χ0n) is 12.6. The van der Waals surface area contributed by atoms with Crippen molar-refractivity contribution in [3.8, 4) is 0 Å². The highest BCUT2D eigenvalue weighted by atomic mass is 16.3. The number of rotatable bonds is 4. The van der Waals surface area contributed by atoms with Crippen molar-refractivity contribution >= 4 is 5.69 Å². The zero-order chi connectivity index (χ0) is 14.5.